The van der Waals surface area contributed by atoms with Gasteiger partial charge in [0.05, 0.1) is 0 Å². The third-order valence-corrected chi connectivity index (χ3v) is 15.6. The van der Waals surface area contributed by atoms with Crippen LogP contribution in [0.2, 0.25) is 77.1 Å². The van der Waals surface area contributed by atoms with Gasteiger partial charge in [0, 0.05) is 76.1 Å². The van der Waals surface area contributed by atoms with Crippen molar-refractivity contribution < 1.29 is 53.7 Å². The topological polar surface area (TPSA) is 169 Å². The number of hydrogen-bond acceptors (Lipinski definition) is 12. The number of nitrogens with zero attached hydrogens (tertiary/aromatic N) is 11. The molecule has 0 atom stereocenters. The zero-order valence-electron chi connectivity index (χ0n) is 41.1. The van der Waals surface area contributed by atoms with Crippen molar-refractivity contribution >= 4 is 83.6 Å². The summed E-state index contributed by atoms with van der Waals surface area (Å²) < 4.78 is 135. The van der Waals surface area contributed by atoms with Crippen LogP contribution in [0.3, 0.4) is 0 Å². The van der Waals surface area contributed by atoms with Gasteiger partial charge in [-0.15, -0.1) is 10.2 Å². The third-order valence-electron chi connectivity index (χ3n) is 8.97. The van der Waals surface area contributed by atoms with Crippen LogP contribution in [0.5, 0.6) is 0 Å². The van der Waals surface area contributed by atoms with E-state index in [1.165, 1.54) is 30.7 Å². The van der Waals surface area contributed by atoms with Gasteiger partial charge in [-0.2, -0.15) is 44.6 Å². The van der Waals surface area contributed by atoms with Crippen LogP contribution < -0.4 is 0 Å². The van der Waals surface area contributed by atoms with Gasteiger partial charge in [-0.3, -0.25) is 20.1 Å². The summed E-state index contributed by atoms with van der Waals surface area (Å²) in [6.45, 7) is 21.4. The van der Waals surface area contributed by atoms with Crippen LogP contribution in [-0.2, 0) is 46.2 Å². The summed E-state index contributed by atoms with van der Waals surface area (Å²) in [5.41, 5.74) is 0.842. The first-order valence-electron chi connectivity index (χ1n) is 21.8. The molecule has 6 aromatic heterocycles. The largest absolute Gasteiger partial charge is 0.453 e. The monoisotopic (exact) mass is 1300 g/mol. The van der Waals surface area contributed by atoms with E-state index >= 15 is 0 Å². The van der Waals surface area contributed by atoms with E-state index in [2.05, 4.69) is 152 Å². The lowest BCUT2D eigenvalue weighted by Crippen LogP contribution is -2.23. The average molecular weight is 1310 g/mol. The Labute approximate surface area is 449 Å². The lowest BCUT2D eigenvalue weighted by molar-refractivity contribution is -0.150. The van der Waals surface area contributed by atoms with Gasteiger partial charge in [-0.25, -0.2) is 24.3 Å². The quantitative estimate of drug-likeness (QED) is 0.0397. The van der Waals surface area contributed by atoms with Gasteiger partial charge in [0.1, 0.15) is 36.6 Å². The number of ether oxygens (including phenoxy) is 3. The van der Waals surface area contributed by atoms with Crippen molar-refractivity contribution in [1.29, 1.82) is 0 Å². The normalized spacial score (nSPS) is 12.4. The molecule has 0 aromatic carbocycles. The highest BCUT2D eigenvalue weighted by Crippen LogP contribution is 2.31. The van der Waals surface area contributed by atoms with Gasteiger partial charge in [0.2, 0.25) is 11.6 Å². The Morgan fingerprint density at radius 1 is 0.534 bits per heavy atom. The summed E-state index contributed by atoms with van der Waals surface area (Å²) in [5, 5.41) is 12.7. The number of H-pyrrole nitrogens is 1. The number of halogens is 13. The number of aromatic nitrogens is 12. The molecule has 73 heavy (non-hydrogen) atoms. The molecule has 0 radical (unpaired) electrons. The molecule has 0 aliphatic rings. The van der Waals surface area contributed by atoms with E-state index in [1.807, 2.05) is 5.10 Å². The van der Waals surface area contributed by atoms with E-state index in [1.54, 1.807) is 30.3 Å². The van der Waals surface area contributed by atoms with Gasteiger partial charge in [0.15, 0.2) is 17.5 Å². The molecular weight excluding hydrogens is 1250 g/mol. The van der Waals surface area contributed by atoms with E-state index < -0.39 is 60.2 Å². The Bertz CT molecular complexity index is 2570. The standard InChI is InChI=1S/2C14H18BrF3N4OSi.C8H4BrF3N4.C6H15ClOSi/c1-24(2,3)7-6-23-9-22-12(11-5-4-10(15)8-19-11)20-13(21-22)14(16,17)18;1-24(2,3)7-6-23-9-22-13(14(16,17)18)20-12(21-22)11-5-4-10(15)8-19-11;9-4-1-2-5(13-3-4)6-14-7(16-15-6)8(10,11)12;1-9(2,3)5-4-8-6-7/h2*4-5,8H,6-7,9H2,1-3H3;1-3H,(H,14,15,16);4-6H2,1-3H3. The predicted octanol–water partition coefficient (Wildman–Crippen LogP) is 14.1. The van der Waals surface area contributed by atoms with Gasteiger partial charge in [0.25, 0.3) is 5.82 Å². The first-order valence-corrected chi connectivity index (χ1v) is 35.9. The first kappa shape index (κ1) is 63.8. The molecule has 0 bridgehead atoms. The van der Waals surface area contributed by atoms with Crippen molar-refractivity contribution in [3.05, 3.63) is 85.9 Å². The average Bonchev–Trinajstić information content (AvgIpc) is 4.05. The Kier molecular flexibility index (Phi) is 24.5. The van der Waals surface area contributed by atoms with Crippen LogP contribution >= 0.6 is 59.4 Å². The van der Waals surface area contributed by atoms with Crippen molar-refractivity contribution in [1.82, 2.24) is 59.7 Å². The van der Waals surface area contributed by atoms with E-state index in [-0.39, 0.29) is 42.3 Å². The lowest BCUT2D eigenvalue weighted by Gasteiger charge is -2.15. The van der Waals surface area contributed by atoms with E-state index in [0.29, 0.717) is 25.0 Å². The second-order valence-electron chi connectivity index (χ2n) is 19.1. The maximum atomic E-state index is 13.1. The molecule has 6 rings (SSSR count). The SMILES string of the molecule is C[Si](C)(C)CCOCCl.C[Si](C)(C)CCOCn1nc(-c2ccc(Br)cn2)nc1C(F)(F)F.C[Si](C)(C)CCOCn1nc(C(F)(F)F)nc1-c1ccc(Br)cn1.FC(F)(F)c1nc(-c2ccc(Br)cn2)n[nH]1. The molecule has 404 valence electrons. The number of hydrogen-bond donors (Lipinski definition) is 1. The highest BCUT2D eigenvalue weighted by atomic mass is 79.9. The van der Waals surface area contributed by atoms with Crippen molar-refractivity contribution in [3.63, 3.8) is 0 Å². The van der Waals surface area contributed by atoms with E-state index in [0.717, 1.165) is 41.5 Å². The van der Waals surface area contributed by atoms with Crippen molar-refractivity contribution in [3.8, 4) is 34.6 Å². The summed E-state index contributed by atoms with van der Waals surface area (Å²) in [6, 6.07) is 13.0. The maximum Gasteiger partial charge on any atom is 0.453 e. The molecular formula is C42H55Br3ClF9N12O3Si3. The van der Waals surface area contributed by atoms with Crippen LogP contribution in [-0.4, -0.2) is 110 Å². The second-order valence-corrected chi connectivity index (χ2v) is 39.0. The molecule has 0 aliphatic heterocycles. The first-order chi connectivity index (χ1) is 33.6. The minimum atomic E-state index is -4.62. The molecule has 6 aromatic rings. The summed E-state index contributed by atoms with van der Waals surface area (Å²) in [7, 11) is -3.46. The van der Waals surface area contributed by atoms with Crippen molar-refractivity contribution in [2.24, 2.45) is 0 Å². The van der Waals surface area contributed by atoms with Gasteiger partial charge < -0.3 is 14.2 Å². The number of pyridine rings is 3. The second kappa shape index (κ2) is 28.0. The molecule has 31 heteroatoms. The Hall–Kier alpha value is -3.50. The molecule has 0 saturated carbocycles. The lowest BCUT2D eigenvalue weighted by atomic mass is 10.3. The van der Waals surface area contributed by atoms with Crippen LogP contribution in [0.15, 0.2) is 68.4 Å². The summed E-state index contributed by atoms with van der Waals surface area (Å²) in [5.74, 6) is -3.55. The van der Waals surface area contributed by atoms with Gasteiger partial charge >= 0.3 is 18.5 Å². The molecule has 0 unspecified atom stereocenters. The fourth-order valence-corrected chi connectivity index (χ4v) is 8.09. The predicted molar refractivity (Wildman–Crippen MR) is 277 cm³/mol. The third kappa shape index (κ3) is 24.4. The maximum absolute atomic E-state index is 13.1. The van der Waals surface area contributed by atoms with Crippen LogP contribution in [0, 0.1) is 0 Å². The fraction of sp³-hybridized carbons (Fsp3) is 0.500. The minimum Gasteiger partial charge on any atom is -0.366 e. The molecule has 0 aliphatic carbocycles. The molecule has 0 amide bonds. The zero-order chi connectivity index (χ0) is 55.0. The Balaban J connectivity index is 0.000000271. The number of rotatable bonds is 17. The number of nitrogens with one attached hydrogen (secondary N) is 1. The Morgan fingerprint density at radius 2 is 0.973 bits per heavy atom. The van der Waals surface area contributed by atoms with Crippen LogP contribution in [0.1, 0.15) is 17.5 Å². The minimum absolute atomic E-state index is 0.0304. The summed E-state index contributed by atoms with van der Waals surface area (Å²) in [6.07, 6.45) is -9.32. The van der Waals surface area contributed by atoms with Gasteiger partial charge in [-0.1, -0.05) is 70.5 Å². The van der Waals surface area contributed by atoms with Crippen molar-refractivity contribution in [2.75, 3.05) is 25.9 Å². The molecule has 15 nitrogen and oxygen atoms in total. The molecule has 1 N–H and O–H groups in total. The summed E-state index contributed by atoms with van der Waals surface area (Å²) >= 11 is 14.9. The zero-order valence-corrected chi connectivity index (χ0v) is 49.6. The molecule has 6 heterocycles. The highest BCUT2D eigenvalue weighted by molar-refractivity contribution is 9.11. The number of alkyl halides is 10. The number of aromatic amines is 1. The summed E-state index contributed by atoms with van der Waals surface area (Å²) in [4.78, 5) is 22.5. The molecule has 0 saturated heterocycles. The highest BCUT2D eigenvalue weighted by Gasteiger charge is 2.39. The van der Waals surface area contributed by atoms with Gasteiger partial charge in [-0.05, 0) is 102 Å². The molecule has 0 spiro atoms. The van der Waals surface area contributed by atoms with E-state index in [4.69, 9.17) is 25.8 Å². The molecule has 0 fully saturated rings. The van der Waals surface area contributed by atoms with E-state index in [9.17, 15) is 39.5 Å². The smallest absolute Gasteiger partial charge is 0.366 e. The fourth-order valence-electron chi connectivity index (χ4n) is 5.01. The Morgan fingerprint density at radius 3 is 1.36 bits per heavy atom. The van der Waals surface area contributed by atoms with Crippen LogP contribution in [0.25, 0.3) is 34.6 Å². The van der Waals surface area contributed by atoms with Crippen LogP contribution in [0.4, 0.5) is 39.5 Å². The van der Waals surface area contributed by atoms with Crippen molar-refractivity contribution in [2.45, 2.75) is 109 Å².